The molecule has 1 saturated carbocycles. The summed E-state index contributed by atoms with van der Waals surface area (Å²) < 4.78 is 10.5. The molecule has 1 unspecified atom stereocenters. The molecule has 0 radical (unpaired) electrons. The van der Waals surface area contributed by atoms with Crippen molar-refractivity contribution < 1.29 is 9.47 Å². The summed E-state index contributed by atoms with van der Waals surface area (Å²) in [6.07, 6.45) is 7.30. The Bertz CT molecular complexity index is 135. The predicted octanol–water partition coefficient (Wildman–Crippen LogP) is 2.87. The molecule has 0 amide bonds. The van der Waals surface area contributed by atoms with Gasteiger partial charge < -0.3 is 0 Å². The number of hydrogen-bond acceptors (Lipinski definition) is 2. The van der Waals surface area contributed by atoms with E-state index in [1.165, 1.54) is 37.4 Å². The molecule has 0 bridgehead atoms. The van der Waals surface area contributed by atoms with Crippen LogP contribution in [0.25, 0.3) is 0 Å². The zero-order valence-corrected chi connectivity index (χ0v) is 11.0. The second-order valence-electron chi connectivity index (χ2n) is 3.80. The molecular weight excluding hydrogens is 243 g/mol. The molecule has 1 rings (SSSR count). The molecule has 3 heteroatoms. The predicted molar refractivity (Wildman–Crippen MR) is 59.8 cm³/mol. The molecule has 0 N–H and O–H groups in total. The fourth-order valence-corrected chi connectivity index (χ4v) is 4.23. The van der Waals surface area contributed by atoms with E-state index in [4.69, 9.17) is 9.47 Å². The van der Waals surface area contributed by atoms with Crippen molar-refractivity contribution in [2.75, 3.05) is 13.7 Å². The summed E-state index contributed by atoms with van der Waals surface area (Å²) in [6.45, 7) is 2.83. The van der Waals surface area contributed by atoms with Crippen molar-refractivity contribution in [3.05, 3.63) is 0 Å². The summed E-state index contributed by atoms with van der Waals surface area (Å²) in [4.78, 5) is 1.04. The van der Waals surface area contributed by atoms with Crippen molar-refractivity contribution in [3.63, 3.8) is 0 Å². The van der Waals surface area contributed by atoms with Crippen molar-refractivity contribution in [1.82, 2.24) is 0 Å². The molecule has 0 aromatic rings. The van der Waals surface area contributed by atoms with Crippen LogP contribution in [-0.2, 0) is 9.47 Å². The zero-order chi connectivity index (χ0) is 10.2. The third kappa shape index (κ3) is 5.35. The first-order chi connectivity index (χ1) is 6.83. The summed E-state index contributed by atoms with van der Waals surface area (Å²) in [5.74, 6) is 0. The summed E-state index contributed by atoms with van der Waals surface area (Å²) in [5, 5.41) is 1.26. The van der Waals surface area contributed by atoms with E-state index in [0.717, 1.165) is 26.4 Å². The van der Waals surface area contributed by atoms with Gasteiger partial charge in [0.25, 0.3) is 0 Å². The van der Waals surface area contributed by atoms with E-state index in [1.54, 1.807) is 7.11 Å². The van der Waals surface area contributed by atoms with Gasteiger partial charge in [0, 0.05) is 0 Å². The monoisotopic (exact) mass is 266 g/mol. The molecule has 0 aliphatic heterocycles. The minimum atomic E-state index is -0.0304. The molecule has 1 fully saturated rings. The molecule has 2 nitrogen and oxygen atoms in total. The van der Waals surface area contributed by atoms with Crippen LogP contribution in [0.1, 0.15) is 39.0 Å². The number of ether oxygens (including phenoxy) is 2. The summed E-state index contributed by atoms with van der Waals surface area (Å²) in [6, 6.07) is 0. The van der Waals surface area contributed by atoms with Gasteiger partial charge >= 0.3 is 93.6 Å². The minimum absolute atomic E-state index is 0.0304. The second-order valence-corrected chi connectivity index (χ2v) is 6.76. The first-order valence-electron chi connectivity index (χ1n) is 5.59. The molecule has 0 aromatic carbocycles. The second kappa shape index (κ2) is 7.70. The van der Waals surface area contributed by atoms with Gasteiger partial charge in [-0.15, -0.1) is 0 Å². The summed E-state index contributed by atoms with van der Waals surface area (Å²) >= 11 is 0.799. The van der Waals surface area contributed by atoms with Crippen LogP contribution >= 0.6 is 0 Å². The van der Waals surface area contributed by atoms with E-state index in [-0.39, 0.29) is 6.29 Å². The van der Waals surface area contributed by atoms with E-state index in [1.807, 2.05) is 6.92 Å². The summed E-state index contributed by atoms with van der Waals surface area (Å²) in [5.41, 5.74) is 0. The standard InChI is InChI=1S/C11H22O2Se/c1-10(12-2)13-8-9-14-11-6-4-3-5-7-11/h10-11H,3-9H2,1-2H3. The van der Waals surface area contributed by atoms with E-state index >= 15 is 0 Å². The van der Waals surface area contributed by atoms with Crippen LogP contribution in [0.2, 0.25) is 10.1 Å². The maximum atomic E-state index is 5.48. The van der Waals surface area contributed by atoms with Gasteiger partial charge in [-0.3, -0.25) is 0 Å². The van der Waals surface area contributed by atoms with Crippen molar-refractivity contribution in [3.8, 4) is 0 Å². The first-order valence-corrected chi connectivity index (χ1v) is 7.79. The van der Waals surface area contributed by atoms with Gasteiger partial charge in [0.05, 0.1) is 0 Å². The van der Waals surface area contributed by atoms with Crippen LogP contribution in [0.3, 0.4) is 0 Å². The third-order valence-corrected chi connectivity index (χ3v) is 5.50. The van der Waals surface area contributed by atoms with Gasteiger partial charge in [-0.1, -0.05) is 0 Å². The molecule has 1 aliphatic rings. The fraction of sp³-hybridized carbons (Fsp3) is 1.00. The fourth-order valence-electron chi connectivity index (χ4n) is 1.73. The van der Waals surface area contributed by atoms with E-state index in [9.17, 15) is 0 Å². The van der Waals surface area contributed by atoms with Crippen molar-refractivity contribution >= 4 is 15.0 Å². The number of hydrogen-bond donors (Lipinski definition) is 0. The van der Waals surface area contributed by atoms with Crippen molar-refractivity contribution in [2.24, 2.45) is 0 Å². The molecule has 1 atom stereocenters. The molecule has 84 valence electrons. The topological polar surface area (TPSA) is 18.5 Å². The Kier molecular flexibility index (Phi) is 6.88. The Morgan fingerprint density at radius 3 is 2.64 bits per heavy atom. The molecule has 0 heterocycles. The van der Waals surface area contributed by atoms with Gasteiger partial charge in [0.15, 0.2) is 0 Å². The van der Waals surface area contributed by atoms with Crippen LogP contribution in [0.4, 0.5) is 0 Å². The Labute approximate surface area is 93.9 Å². The first kappa shape index (κ1) is 12.5. The molecule has 1 aliphatic carbocycles. The average molecular weight is 265 g/mol. The number of methoxy groups -OCH3 is 1. The normalized spacial score (nSPS) is 21.0. The average Bonchev–Trinajstić information content (AvgIpc) is 2.25. The van der Waals surface area contributed by atoms with Crippen molar-refractivity contribution in [2.45, 2.75) is 55.5 Å². The van der Waals surface area contributed by atoms with Crippen LogP contribution in [-0.4, -0.2) is 35.0 Å². The van der Waals surface area contributed by atoms with Gasteiger partial charge in [-0.25, -0.2) is 0 Å². The summed E-state index contributed by atoms with van der Waals surface area (Å²) in [7, 11) is 1.69. The van der Waals surface area contributed by atoms with E-state index in [0.29, 0.717) is 0 Å². The van der Waals surface area contributed by atoms with Crippen LogP contribution < -0.4 is 0 Å². The Morgan fingerprint density at radius 2 is 2.00 bits per heavy atom. The SMILES string of the molecule is COC(C)OCC[Se]C1CCCCC1. The quantitative estimate of drug-likeness (QED) is 0.417. The van der Waals surface area contributed by atoms with E-state index < -0.39 is 0 Å². The van der Waals surface area contributed by atoms with Crippen molar-refractivity contribution in [1.29, 1.82) is 0 Å². The van der Waals surface area contributed by atoms with Gasteiger partial charge in [-0.05, 0) is 0 Å². The van der Waals surface area contributed by atoms with Gasteiger partial charge in [0.1, 0.15) is 0 Å². The Morgan fingerprint density at radius 1 is 1.29 bits per heavy atom. The molecule has 0 saturated heterocycles. The van der Waals surface area contributed by atoms with Crippen LogP contribution in [0.15, 0.2) is 0 Å². The third-order valence-electron chi connectivity index (χ3n) is 2.67. The van der Waals surface area contributed by atoms with E-state index in [2.05, 4.69) is 0 Å². The maximum absolute atomic E-state index is 5.48. The van der Waals surface area contributed by atoms with Crippen LogP contribution in [0, 0.1) is 0 Å². The molecule has 0 aromatic heterocycles. The number of rotatable bonds is 6. The van der Waals surface area contributed by atoms with Gasteiger partial charge in [0.2, 0.25) is 0 Å². The molecular formula is C11H22O2Se. The Balaban J connectivity index is 1.92. The Hall–Kier alpha value is 0.439. The van der Waals surface area contributed by atoms with Gasteiger partial charge in [-0.2, -0.15) is 0 Å². The van der Waals surface area contributed by atoms with Crippen LogP contribution in [0.5, 0.6) is 0 Å². The zero-order valence-electron chi connectivity index (χ0n) is 9.33. The molecule has 14 heavy (non-hydrogen) atoms. The molecule has 0 spiro atoms.